The second-order valence-corrected chi connectivity index (χ2v) is 9.04. The minimum Gasteiger partial charge on any atom is -0.453 e. The highest BCUT2D eigenvalue weighted by Crippen LogP contribution is 2.46. The van der Waals surface area contributed by atoms with E-state index in [0.29, 0.717) is 0 Å². The predicted molar refractivity (Wildman–Crippen MR) is 124 cm³/mol. The number of aliphatic hydroxyl groups is 2. The summed E-state index contributed by atoms with van der Waals surface area (Å²) in [7, 11) is -2.36. The van der Waals surface area contributed by atoms with Crippen molar-refractivity contribution in [3.05, 3.63) is 35.4 Å². The summed E-state index contributed by atoms with van der Waals surface area (Å²) in [6, 6.07) is 6.46. The van der Waals surface area contributed by atoms with Gasteiger partial charge in [-0.2, -0.15) is 0 Å². The van der Waals surface area contributed by atoms with E-state index in [-0.39, 0.29) is 5.56 Å². The average Bonchev–Trinajstić information content (AvgIpc) is 2.83. The first-order valence-corrected chi connectivity index (χ1v) is 12.6. The van der Waals surface area contributed by atoms with Gasteiger partial charge in [0, 0.05) is 14.2 Å². The van der Waals surface area contributed by atoms with Crippen molar-refractivity contribution in [3.8, 4) is 0 Å². The summed E-state index contributed by atoms with van der Waals surface area (Å²) in [5.74, 6) is -0.800. The van der Waals surface area contributed by atoms with Crippen molar-refractivity contribution < 1.29 is 47.7 Å². The molecule has 12 heteroatoms. The molecule has 0 radical (unpaired) electrons. The fourth-order valence-electron chi connectivity index (χ4n) is 3.23. The maximum absolute atomic E-state index is 12.4. The molecule has 196 valence electrons. The summed E-state index contributed by atoms with van der Waals surface area (Å²) >= 11 is 0. The van der Waals surface area contributed by atoms with Crippen molar-refractivity contribution in [2.45, 2.75) is 58.4 Å². The van der Waals surface area contributed by atoms with Gasteiger partial charge in [0.05, 0.1) is 12.2 Å². The summed E-state index contributed by atoms with van der Waals surface area (Å²) in [5, 5.41) is 19.8. The van der Waals surface area contributed by atoms with E-state index in [4.69, 9.17) is 18.7 Å². The lowest BCUT2D eigenvalue weighted by Crippen LogP contribution is -2.61. The molecule has 1 saturated heterocycles. The van der Waals surface area contributed by atoms with Crippen LogP contribution in [0.25, 0.3) is 0 Å². The minimum atomic E-state index is -4.53. The number of aryl methyl sites for hydroxylation is 1. The van der Waals surface area contributed by atoms with E-state index in [0.717, 1.165) is 12.7 Å². The summed E-state index contributed by atoms with van der Waals surface area (Å²) in [4.78, 5) is 24.4. The Morgan fingerprint density at radius 2 is 1.65 bits per heavy atom. The number of phosphoric ester groups is 1. The molecule has 0 aliphatic carbocycles. The van der Waals surface area contributed by atoms with E-state index in [1.165, 1.54) is 38.9 Å². The summed E-state index contributed by atoms with van der Waals surface area (Å²) in [6.07, 6.45) is -6.97. The molecule has 3 N–H and O–H groups in total. The van der Waals surface area contributed by atoms with Crippen LogP contribution in [0, 0.1) is 6.92 Å². The quantitative estimate of drug-likeness (QED) is 0.314. The number of methoxy groups -OCH3 is 1. The molecule has 1 aliphatic rings. The standard InChI is InChI=1S/C16H23O10P.C6H15N/c1-9-4-6-10(7-5-9)15(19)25-13-12(18)11(8-17)24-16(22-2)14(13)26-27(20,21)23-3;1-4-7(5-2)6-3/h4-7,11-14,16-18H,8H2,1-3H3,(H,20,21);4-6H2,1-3H3/t11-,12+,13+,14+,16-;/m1./s1. The number of carbonyl (C=O) groups excluding carboxylic acids is 1. The highest BCUT2D eigenvalue weighted by atomic mass is 31.2. The smallest absolute Gasteiger partial charge is 0.453 e. The van der Waals surface area contributed by atoms with Crippen LogP contribution >= 0.6 is 7.82 Å². The van der Waals surface area contributed by atoms with Crippen molar-refractivity contribution in [3.63, 3.8) is 0 Å². The summed E-state index contributed by atoms with van der Waals surface area (Å²) in [6.45, 7) is 11.4. The third-order valence-electron chi connectivity index (χ3n) is 5.39. The molecule has 2 rings (SSSR count). The van der Waals surface area contributed by atoms with Gasteiger partial charge in [0.1, 0.15) is 12.2 Å². The monoisotopic (exact) mass is 507 g/mol. The molecule has 11 nitrogen and oxygen atoms in total. The molecule has 1 unspecified atom stereocenters. The molecule has 1 fully saturated rings. The van der Waals surface area contributed by atoms with E-state index in [2.05, 4.69) is 30.2 Å². The van der Waals surface area contributed by atoms with Gasteiger partial charge in [-0.1, -0.05) is 38.5 Å². The molecule has 0 saturated carbocycles. The van der Waals surface area contributed by atoms with E-state index in [1.54, 1.807) is 12.1 Å². The third-order valence-corrected chi connectivity index (χ3v) is 6.36. The van der Waals surface area contributed by atoms with Crippen LogP contribution in [0.1, 0.15) is 36.7 Å². The Morgan fingerprint density at radius 3 is 2.06 bits per heavy atom. The van der Waals surface area contributed by atoms with Gasteiger partial charge in [-0.05, 0) is 38.7 Å². The Labute approximate surface area is 201 Å². The van der Waals surface area contributed by atoms with Gasteiger partial charge in [-0.15, -0.1) is 0 Å². The van der Waals surface area contributed by atoms with Gasteiger partial charge >= 0.3 is 13.8 Å². The van der Waals surface area contributed by atoms with Crippen molar-refractivity contribution in [2.24, 2.45) is 0 Å². The molecular formula is C22H38NO10P. The van der Waals surface area contributed by atoms with E-state index in [9.17, 15) is 24.5 Å². The van der Waals surface area contributed by atoms with Crippen molar-refractivity contribution >= 4 is 13.8 Å². The maximum atomic E-state index is 12.4. The highest BCUT2D eigenvalue weighted by molar-refractivity contribution is 7.47. The van der Waals surface area contributed by atoms with Crippen molar-refractivity contribution in [1.29, 1.82) is 0 Å². The summed E-state index contributed by atoms with van der Waals surface area (Å²) < 4.78 is 36.9. The van der Waals surface area contributed by atoms with Crippen LogP contribution in [0.3, 0.4) is 0 Å². The van der Waals surface area contributed by atoms with Crippen LogP contribution in [-0.2, 0) is 27.8 Å². The number of ether oxygens (including phenoxy) is 3. The number of carbonyl (C=O) groups is 1. The third kappa shape index (κ3) is 8.99. The van der Waals surface area contributed by atoms with Crippen LogP contribution in [-0.4, -0.2) is 97.1 Å². The first kappa shape index (κ1) is 30.6. The van der Waals surface area contributed by atoms with Gasteiger partial charge in [0.2, 0.25) is 0 Å². The van der Waals surface area contributed by atoms with E-state index < -0.39 is 51.1 Å². The molecular weight excluding hydrogens is 469 g/mol. The van der Waals surface area contributed by atoms with Gasteiger partial charge in [0.15, 0.2) is 18.5 Å². The number of esters is 1. The molecule has 0 aromatic heterocycles. The van der Waals surface area contributed by atoms with Crippen molar-refractivity contribution in [1.82, 2.24) is 4.90 Å². The average molecular weight is 508 g/mol. The largest absolute Gasteiger partial charge is 0.472 e. The lowest BCUT2D eigenvalue weighted by atomic mass is 9.99. The van der Waals surface area contributed by atoms with Crippen LogP contribution in [0.15, 0.2) is 24.3 Å². The van der Waals surface area contributed by atoms with Gasteiger partial charge in [-0.3, -0.25) is 9.05 Å². The predicted octanol–water partition coefficient (Wildman–Crippen LogP) is 1.73. The van der Waals surface area contributed by atoms with Crippen LogP contribution < -0.4 is 0 Å². The molecule has 1 heterocycles. The minimum absolute atomic E-state index is 0.200. The topological polar surface area (TPSA) is 144 Å². The number of hydrogen-bond donors (Lipinski definition) is 3. The van der Waals surface area contributed by atoms with Crippen LogP contribution in [0.5, 0.6) is 0 Å². The Kier molecular flexibility index (Phi) is 13.4. The molecule has 1 aliphatic heterocycles. The molecule has 1 aromatic carbocycles. The number of aliphatic hydroxyl groups excluding tert-OH is 2. The Morgan fingerprint density at radius 1 is 1.09 bits per heavy atom. The lowest BCUT2D eigenvalue weighted by molar-refractivity contribution is -0.290. The van der Waals surface area contributed by atoms with Gasteiger partial charge in [0.25, 0.3) is 0 Å². The van der Waals surface area contributed by atoms with E-state index in [1.807, 2.05) is 6.92 Å². The van der Waals surface area contributed by atoms with Gasteiger partial charge < -0.3 is 34.2 Å². The van der Waals surface area contributed by atoms with Gasteiger partial charge in [-0.25, -0.2) is 9.36 Å². The maximum Gasteiger partial charge on any atom is 0.472 e. The fourth-order valence-corrected chi connectivity index (χ4v) is 3.84. The highest BCUT2D eigenvalue weighted by Gasteiger charge is 2.51. The number of benzene rings is 1. The first-order chi connectivity index (χ1) is 16.1. The number of nitrogens with zero attached hydrogens (tertiary/aromatic N) is 1. The number of phosphoric acid groups is 1. The molecule has 34 heavy (non-hydrogen) atoms. The normalized spacial score (nSPS) is 26.4. The second-order valence-electron chi connectivity index (χ2n) is 7.53. The second kappa shape index (κ2) is 14.9. The zero-order valence-corrected chi connectivity index (χ0v) is 21.5. The molecule has 0 spiro atoms. The number of rotatable bonds is 10. The molecule has 0 amide bonds. The Bertz CT molecular complexity index is 768. The van der Waals surface area contributed by atoms with Crippen LogP contribution in [0.4, 0.5) is 0 Å². The van der Waals surface area contributed by atoms with Crippen LogP contribution in [0.2, 0.25) is 0 Å². The Balaban J connectivity index is 0.000000718. The zero-order chi connectivity index (χ0) is 25.9. The molecule has 0 bridgehead atoms. The zero-order valence-electron chi connectivity index (χ0n) is 20.6. The van der Waals surface area contributed by atoms with E-state index >= 15 is 0 Å². The van der Waals surface area contributed by atoms with Crippen molar-refractivity contribution in [2.75, 3.05) is 40.5 Å². The molecule has 6 atom stereocenters. The lowest BCUT2D eigenvalue weighted by Gasteiger charge is -2.42. The SMILES string of the molecule is CCN(CC)CC.CO[C@@H]1O[C@H](CO)[C@H](O)[C@H](OC(=O)c2ccc(C)cc2)[C@@H]1OP(=O)(O)OC. The Hall–Kier alpha value is -1.40. The first-order valence-electron chi connectivity index (χ1n) is 11.1. The molecule has 1 aromatic rings. The summed E-state index contributed by atoms with van der Waals surface area (Å²) in [5.41, 5.74) is 1.13. The fraction of sp³-hybridized carbons (Fsp3) is 0.682. The number of hydrogen-bond acceptors (Lipinski definition) is 10.